The van der Waals surface area contributed by atoms with Gasteiger partial charge in [0.1, 0.15) is 0 Å². The molecule has 206 valence electrons. The average molecular weight is 512 g/mol. The number of benzene rings is 1. The number of rotatable bonds is 20. The average Bonchev–Trinajstić information content (AvgIpc) is 3.33. The van der Waals surface area contributed by atoms with Crippen molar-refractivity contribution in [3.05, 3.63) is 35.4 Å². The van der Waals surface area contributed by atoms with Gasteiger partial charge in [-0.2, -0.15) is 0 Å². The zero-order valence-corrected chi connectivity index (χ0v) is 23.2. The van der Waals surface area contributed by atoms with E-state index in [1.807, 2.05) is 18.2 Å². The van der Waals surface area contributed by atoms with Crippen LogP contribution in [0.3, 0.4) is 0 Å². The first-order chi connectivity index (χ1) is 18.2. The van der Waals surface area contributed by atoms with Crippen LogP contribution in [0.1, 0.15) is 133 Å². The molecule has 5 nitrogen and oxygen atoms in total. The Hall–Kier alpha value is -2.48. The number of aryl methyl sites for hydroxylation is 1. The van der Waals surface area contributed by atoms with Gasteiger partial charge >= 0.3 is 12.1 Å². The van der Waals surface area contributed by atoms with Crippen LogP contribution in [0, 0.1) is 12.3 Å². The predicted octanol–water partition coefficient (Wildman–Crippen LogP) is 8.51. The smallest absolute Gasteiger partial charge is 0.413 e. The maximum absolute atomic E-state index is 12.6. The molecule has 2 rings (SSSR count). The molecule has 1 amide bonds. The van der Waals surface area contributed by atoms with Crippen LogP contribution in [0.2, 0.25) is 0 Å². The van der Waals surface area contributed by atoms with Crippen molar-refractivity contribution in [2.45, 2.75) is 129 Å². The van der Waals surface area contributed by atoms with E-state index in [1.165, 1.54) is 82.6 Å². The van der Waals surface area contributed by atoms with E-state index in [0.717, 1.165) is 37.7 Å². The number of carbonyl (C=O) groups is 2. The van der Waals surface area contributed by atoms with Crippen LogP contribution in [0.15, 0.2) is 24.3 Å². The van der Waals surface area contributed by atoms with Crippen LogP contribution >= 0.6 is 0 Å². The van der Waals surface area contributed by atoms with E-state index in [-0.39, 0.29) is 25.3 Å². The first-order valence-electron chi connectivity index (χ1n) is 14.8. The van der Waals surface area contributed by atoms with Crippen molar-refractivity contribution >= 4 is 12.1 Å². The van der Waals surface area contributed by atoms with Crippen LogP contribution in [0.25, 0.3) is 0 Å². The maximum atomic E-state index is 12.6. The Balaban J connectivity index is 1.45. The SMILES string of the molecule is C#CCN(C(=O)OCOC(=O)CCCCCCCCCCCCCCCCC)[C@@H]1CCc2ccccc21. The normalized spacial score (nSPS) is 14.1. The Morgan fingerprint density at radius 2 is 1.43 bits per heavy atom. The Morgan fingerprint density at radius 1 is 0.865 bits per heavy atom. The van der Waals surface area contributed by atoms with Crippen molar-refractivity contribution in [3.8, 4) is 12.3 Å². The van der Waals surface area contributed by atoms with Crippen LogP contribution in [-0.4, -0.2) is 30.3 Å². The van der Waals surface area contributed by atoms with E-state index in [4.69, 9.17) is 15.9 Å². The quantitative estimate of drug-likeness (QED) is 0.0762. The van der Waals surface area contributed by atoms with Gasteiger partial charge in [-0.3, -0.25) is 9.69 Å². The molecule has 0 saturated heterocycles. The summed E-state index contributed by atoms with van der Waals surface area (Å²) in [5.74, 6) is 2.22. The number of hydrogen-bond acceptors (Lipinski definition) is 4. The van der Waals surface area contributed by atoms with E-state index in [2.05, 4.69) is 18.9 Å². The lowest BCUT2D eigenvalue weighted by Gasteiger charge is -2.27. The Morgan fingerprint density at radius 3 is 2.03 bits per heavy atom. The molecule has 37 heavy (non-hydrogen) atoms. The summed E-state index contributed by atoms with van der Waals surface area (Å²) < 4.78 is 10.4. The first kappa shape index (κ1) is 30.7. The molecule has 1 atom stereocenters. The third-order valence-corrected chi connectivity index (χ3v) is 7.36. The number of ether oxygens (including phenoxy) is 2. The van der Waals surface area contributed by atoms with Crippen molar-refractivity contribution in [2.75, 3.05) is 13.3 Å². The van der Waals surface area contributed by atoms with E-state index in [9.17, 15) is 9.59 Å². The Kier molecular flexibility index (Phi) is 16.3. The van der Waals surface area contributed by atoms with Crippen molar-refractivity contribution in [2.24, 2.45) is 0 Å². The summed E-state index contributed by atoms with van der Waals surface area (Å²) in [4.78, 5) is 26.2. The summed E-state index contributed by atoms with van der Waals surface area (Å²) in [6.07, 6.45) is 26.3. The molecule has 0 aromatic heterocycles. The van der Waals surface area contributed by atoms with Crippen LogP contribution in [-0.2, 0) is 20.7 Å². The maximum Gasteiger partial charge on any atom is 0.413 e. The van der Waals surface area contributed by atoms with Crippen LogP contribution in [0.5, 0.6) is 0 Å². The number of hydrogen-bond donors (Lipinski definition) is 0. The molecule has 0 heterocycles. The van der Waals surface area contributed by atoms with E-state index >= 15 is 0 Å². The molecule has 0 radical (unpaired) electrons. The lowest BCUT2D eigenvalue weighted by Crippen LogP contribution is -2.35. The Bertz CT molecular complexity index is 815. The molecule has 0 aliphatic heterocycles. The van der Waals surface area contributed by atoms with Crippen LogP contribution < -0.4 is 0 Å². The van der Waals surface area contributed by atoms with Gasteiger partial charge in [-0.1, -0.05) is 127 Å². The monoisotopic (exact) mass is 511 g/mol. The third kappa shape index (κ3) is 12.5. The number of terminal acetylenes is 1. The van der Waals surface area contributed by atoms with Crippen molar-refractivity contribution in [1.29, 1.82) is 0 Å². The first-order valence-corrected chi connectivity index (χ1v) is 14.8. The lowest BCUT2D eigenvalue weighted by molar-refractivity contribution is -0.152. The second-order valence-electron chi connectivity index (χ2n) is 10.3. The van der Waals surface area contributed by atoms with E-state index in [0.29, 0.717) is 6.42 Å². The minimum Gasteiger partial charge on any atom is -0.428 e. The minimum absolute atomic E-state index is 0.101. The molecule has 0 saturated carbocycles. The number of amides is 1. The zero-order valence-electron chi connectivity index (χ0n) is 23.2. The molecule has 0 spiro atoms. The third-order valence-electron chi connectivity index (χ3n) is 7.36. The number of carbonyl (C=O) groups excluding carboxylic acids is 2. The second-order valence-corrected chi connectivity index (χ2v) is 10.3. The summed E-state index contributed by atoms with van der Waals surface area (Å²) in [6.45, 7) is 2.06. The highest BCUT2D eigenvalue weighted by molar-refractivity contribution is 5.71. The summed E-state index contributed by atoms with van der Waals surface area (Å²) >= 11 is 0. The van der Waals surface area contributed by atoms with Crippen molar-refractivity contribution in [3.63, 3.8) is 0 Å². The largest absolute Gasteiger partial charge is 0.428 e. The van der Waals surface area contributed by atoms with Gasteiger partial charge in [0, 0.05) is 6.42 Å². The molecule has 1 aliphatic carbocycles. The summed E-state index contributed by atoms with van der Waals surface area (Å²) in [5.41, 5.74) is 2.34. The van der Waals surface area contributed by atoms with Gasteiger partial charge < -0.3 is 9.47 Å². The minimum atomic E-state index is -0.542. The fourth-order valence-corrected chi connectivity index (χ4v) is 5.20. The van der Waals surface area contributed by atoms with Gasteiger partial charge in [-0.25, -0.2) is 4.79 Å². The topological polar surface area (TPSA) is 55.8 Å². The fourth-order valence-electron chi connectivity index (χ4n) is 5.20. The standard InChI is InChI=1S/C32H49NO4/c1-3-5-6-7-8-9-10-11-12-13-14-15-16-17-18-23-31(34)36-27-37-32(35)33(26-4-2)30-25-24-28-21-19-20-22-29(28)30/h2,19-22,30H,3,5-18,23-27H2,1H3/t30-/m1/s1. The highest BCUT2D eigenvalue weighted by Crippen LogP contribution is 2.35. The van der Waals surface area contributed by atoms with Crippen molar-refractivity contribution < 1.29 is 19.1 Å². The predicted molar refractivity (Wildman–Crippen MR) is 150 cm³/mol. The molecule has 1 aromatic carbocycles. The molecule has 0 bridgehead atoms. The van der Waals surface area contributed by atoms with E-state index < -0.39 is 6.09 Å². The lowest BCUT2D eigenvalue weighted by atomic mass is 10.0. The van der Waals surface area contributed by atoms with Gasteiger partial charge in [0.2, 0.25) is 6.79 Å². The number of esters is 1. The second kappa shape index (κ2) is 19.6. The molecule has 1 aliphatic rings. The Labute approximate surface area is 225 Å². The van der Waals surface area contributed by atoms with Crippen LogP contribution in [0.4, 0.5) is 4.79 Å². The van der Waals surface area contributed by atoms with Gasteiger partial charge in [-0.05, 0) is 30.4 Å². The molecule has 0 N–H and O–H groups in total. The molecular formula is C32H49NO4. The molecule has 5 heteroatoms. The fraction of sp³-hybridized carbons (Fsp3) is 0.688. The molecular weight excluding hydrogens is 462 g/mol. The molecule has 0 fully saturated rings. The van der Waals surface area contributed by atoms with Gasteiger partial charge in [-0.15, -0.1) is 6.42 Å². The number of fused-ring (bicyclic) bond motifs is 1. The summed E-state index contributed by atoms with van der Waals surface area (Å²) in [6, 6.07) is 7.98. The highest BCUT2D eigenvalue weighted by Gasteiger charge is 2.31. The molecule has 0 unspecified atom stereocenters. The van der Waals surface area contributed by atoms with E-state index in [1.54, 1.807) is 4.90 Å². The van der Waals surface area contributed by atoms with Crippen molar-refractivity contribution in [1.82, 2.24) is 4.90 Å². The molecule has 1 aromatic rings. The summed E-state index contributed by atoms with van der Waals surface area (Å²) in [5, 5.41) is 0. The zero-order chi connectivity index (χ0) is 26.6. The summed E-state index contributed by atoms with van der Waals surface area (Å²) in [7, 11) is 0. The van der Waals surface area contributed by atoms with Gasteiger partial charge in [0.05, 0.1) is 12.6 Å². The highest BCUT2D eigenvalue weighted by atomic mass is 16.7. The van der Waals surface area contributed by atoms with Gasteiger partial charge in [0.25, 0.3) is 0 Å². The number of unbranched alkanes of at least 4 members (excludes halogenated alkanes) is 14. The number of nitrogens with zero attached hydrogens (tertiary/aromatic N) is 1. The van der Waals surface area contributed by atoms with Gasteiger partial charge in [0.15, 0.2) is 0 Å².